The molecule has 0 amide bonds. The molecule has 0 spiro atoms. The molecule has 1 aromatic rings. The molecule has 1 rings (SSSR count). The van der Waals surface area contributed by atoms with Crippen LogP contribution in [0.25, 0.3) is 0 Å². The lowest BCUT2D eigenvalue weighted by Gasteiger charge is -2.18. The van der Waals surface area contributed by atoms with E-state index in [4.69, 9.17) is 0 Å². The Labute approximate surface area is 103 Å². The van der Waals surface area contributed by atoms with Crippen LogP contribution in [0.4, 0.5) is 26.3 Å². The lowest BCUT2D eigenvalue weighted by Crippen LogP contribution is -2.18. The Bertz CT molecular complexity index is 367. The van der Waals surface area contributed by atoms with E-state index < -0.39 is 32.4 Å². The van der Waals surface area contributed by atoms with Gasteiger partial charge >= 0.3 is 12.4 Å². The molecular weight excluding hydrogens is 370 g/mol. The zero-order valence-corrected chi connectivity index (χ0v) is 10.4. The number of hydrogen-bond acceptors (Lipinski definition) is 0. The van der Waals surface area contributed by atoms with Gasteiger partial charge in [0, 0.05) is 8.95 Å². The number of alkyl halides is 6. The molecule has 0 unspecified atom stereocenters. The first kappa shape index (κ1) is 13.8. The minimum Gasteiger partial charge on any atom is -0.166 e. The van der Waals surface area contributed by atoms with Crippen LogP contribution < -0.4 is 0 Å². The summed E-state index contributed by atoms with van der Waals surface area (Å²) >= 11 is 4.94. The van der Waals surface area contributed by atoms with Crippen molar-refractivity contribution in [1.29, 1.82) is 0 Å². The minimum absolute atomic E-state index is 0.643. The predicted octanol–water partition coefficient (Wildman–Crippen LogP) is 5.25. The first-order chi connectivity index (χ1) is 7.05. The molecule has 0 fully saturated rings. The topological polar surface area (TPSA) is 0 Å². The quantitative estimate of drug-likeness (QED) is 0.546. The van der Waals surface area contributed by atoms with Crippen LogP contribution >= 0.6 is 31.9 Å². The number of halogens is 8. The molecular formula is C8H2Br2F6. The summed E-state index contributed by atoms with van der Waals surface area (Å²) in [4.78, 5) is 0. The maximum absolute atomic E-state index is 12.5. The van der Waals surface area contributed by atoms with Gasteiger partial charge in [-0.2, -0.15) is 26.3 Å². The Morgan fingerprint density at radius 3 is 1.12 bits per heavy atom. The molecule has 0 nitrogen and oxygen atoms in total. The molecule has 0 aliphatic carbocycles. The third-order valence-electron chi connectivity index (χ3n) is 1.67. The van der Waals surface area contributed by atoms with Gasteiger partial charge in [-0.05, 0) is 12.1 Å². The second-order valence-electron chi connectivity index (χ2n) is 2.77. The fraction of sp³-hybridized carbons (Fsp3) is 0.250. The standard InChI is InChI=1S/C8H2Br2F6/c9-3-1-2-4(10)6(8(14,15)16)5(3)7(11,12)13/h1-2H. The highest BCUT2D eigenvalue weighted by molar-refractivity contribution is 9.11. The van der Waals surface area contributed by atoms with Crippen LogP contribution in [0.3, 0.4) is 0 Å². The zero-order valence-electron chi connectivity index (χ0n) is 7.18. The van der Waals surface area contributed by atoms with Gasteiger partial charge in [-0.1, -0.05) is 31.9 Å². The monoisotopic (exact) mass is 370 g/mol. The average molecular weight is 372 g/mol. The van der Waals surface area contributed by atoms with Gasteiger partial charge in [-0.15, -0.1) is 0 Å². The van der Waals surface area contributed by atoms with E-state index in [9.17, 15) is 26.3 Å². The Morgan fingerprint density at radius 2 is 0.938 bits per heavy atom. The van der Waals surface area contributed by atoms with Crippen molar-refractivity contribution in [3.8, 4) is 0 Å². The van der Waals surface area contributed by atoms with Gasteiger partial charge in [-0.3, -0.25) is 0 Å². The van der Waals surface area contributed by atoms with Gasteiger partial charge in [-0.25, -0.2) is 0 Å². The summed E-state index contributed by atoms with van der Waals surface area (Å²) in [5, 5.41) is 0. The molecule has 0 bridgehead atoms. The lowest BCUT2D eigenvalue weighted by molar-refractivity contribution is -0.163. The fourth-order valence-electron chi connectivity index (χ4n) is 1.11. The molecule has 16 heavy (non-hydrogen) atoms. The smallest absolute Gasteiger partial charge is 0.166 e. The molecule has 0 aromatic heterocycles. The van der Waals surface area contributed by atoms with Crippen molar-refractivity contribution in [2.75, 3.05) is 0 Å². The highest BCUT2D eigenvalue weighted by Gasteiger charge is 2.46. The van der Waals surface area contributed by atoms with Crippen molar-refractivity contribution >= 4 is 31.9 Å². The van der Waals surface area contributed by atoms with E-state index in [1.165, 1.54) is 0 Å². The molecule has 0 saturated carbocycles. The van der Waals surface area contributed by atoms with Gasteiger partial charge in [0.15, 0.2) is 0 Å². The highest BCUT2D eigenvalue weighted by atomic mass is 79.9. The molecule has 0 atom stereocenters. The average Bonchev–Trinajstić information content (AvgIpc) is 2.04. The van der Waals surface area contributed by atoms with E-state index in [2.05, 4.69) is 31.9 Å². The van der Waals surface area contributed by atoms with E-state index in [1.54, 1.807) is 0 Å². The number of benzene rings is 1. The highest BCUT2D eigenvalue weighted by Crippen LogP contribution is 2.46. The second kappa shape index (κ2) is 4.21. The van der Waals surface area contributed by atoms with Crippen LogP contribution in [-0.4, -0.2) is 0 Å². The van der Waals surface area contributed by atoms with E-state index >= 15 is 0 Å². The van der Waals surface area contributed by atoms with Crippen molar-refractivity contribution in [2.45, 2.75) is 12.4 Å². The molecule has 90 valence electrons. The van der Waals surface area contributed by atoms with Crippen molar-refractivity contribution in [2.24, 2.45) is 0 Å². The minimum atomic E-state index is -5.08. The SMILES string of the molecule is FC(F)(F)c1c(Br)ccc(Br)c1C(F)(F)F. The normalized spacial score (nSPS) is 13.0. The summed E-state index contributed by atoms with van der Waals surface area (Å²) in [6.45, 7) is 0. The Kier molecular flexibility index (Phi) is 3.64. The van der Waals surface area contributed by atoms with Crippen LogP contribution in [-0.2, 0) is 12.4 Å². The van der Waals surface area contributed by atoms with E-state index in [0.29, 0.717) is 0 Å². The summed E-state index contributed by atoms with van der Waals surface area (Å²) < 4.78 is 73.5. The van der Waals surface area contributed by atoms with Crippen molar-refractivity contribution < 1.29 is 26.3 Å². The van der Waals surface area contributed by atoms with Gasteiger partial charge < -0.3 is 0 Å². The number of rotatable bonds is 0. The van der Waals surface area contributed by atoms with Crippen LogP contribution in [0.5, 0.6) is 0 Å². The van der Waals surface area contributed by atoms with Gasteiger partial charge in [0.25, 0.3) is 0 Å². The van der Waals surface area contributed by atoms with Crippen LogP contribution in [0.1, 0.15) is 11.1 Å². The largest absolute Gasteiger partial charge is 0.418 e. The Morgan fingerprint density at radius 1 is 0.688 bits per heavy atom. The molecule has 1 aromatic carbocycles. The molecule has 8 heteroatoms. The molecule has 0 aliphatic rings. The Balaban J connectivity index is 3.64. The van der Waals surface area contributed by atoms with E-state index in [1.807, 2.05) is 0 Å². The number of hydrogen-bond donors (Lipinski definition) is 0. The summed E-state index contributed by atoms with van der Waals surface area (Å²) in [5.41, 5.74) is -3.45. The summed E-state index contributed by atoms with van der Waals surface area (Å²) in [5.74, 6) is 0. The summed E-state index contributed by atoms with van der Waals surface area (Å²) in [6, 6.07) is 1.81. The van der Waals surface area contributed by atoms with Crippen LogP contribution in [0.15, 0.2) is 21.1 Å². The van der Waals surface area contributed by atoms with Crippen molar-refractivity contribution in [3.05, 3.63) is 32.2 Å². The maximum atomic E-state index is 12.5. The van der Waals surface area contributed by atoms with Crippen molar-refractivity contribution in [1.82, 2.24) is 0 Å². The van der Waals surface area contributed by atoms with Crippen LogP contribution in [0, 0.1) is 0 Å². The summed E-state index contributed by atoms with van der Waals surface area (Å²) in [6.07, 6.45) is -10.2. The molecule has 0 saturated heterocycles. The predicted molar refractivity (Wildman–Crippen MR) is 51.8 cm³/mol. The van der Waals surface area contributed by atoms with Crippen LogP contribution in [0.2, 0.25) is 0 Å². The molecule has 0 aliphatic heterocycles. The fourth-order valence-corrected chi connectivity index (χ4v) is 2.22. The van der Waals surface area contributed by atoms with Gasteiger partial charge in [0.1, 0.15) is 0 Å². The van der Waals surface area contributed by atoms with E-state index in [-0.39, 0.29) is 0 Å². The Hall–Kier alpha value is -0.240. The first-order valence-corrected chi connectivity index (χ1v) is 5.26. The van der Waals surface area contributed by atoms with Crippen molar-refractivity contribution in [3.63, 3.8) is 0 Å². The molecule has 0 radical (unpaired) electrons. The lowest BCUT2D eigenvalue weighted by atomic mass is 10.1. The maximum Gasteiger partial charge on any atom is 0.418 e. The molecule has 0 heterocycles. The summed E-state index contributed by atoms with van der Waals surface area (Å²) in [7, 11) is 0. The third kappa shape index (κ3) is 2.71. The third-order valence-corrected chi connectivity index (χ3v) is 2.99. The second-order valence-corrected chi connectivity index (χ2v) is 4.48. The van der Waals surface area contributed by atoms with Gasteiger partial charge in [0.2, 0.25) is 0 Å². The molecule has 0 N–H and O–H groups in total. The van der Waals surface area contributed by atoms with Gasteiger partial charge in [0.05, 0.1) is 11.1 Å². The first-order valence-electron chi connectivity index (χ1n) is 3.67. The zero-order chi connectivity index (χ0) is 12.7. The van der Waals surface area contributed by atoms with E-state index in [0.717, 1.165) is 12.1 Å².